The second-order valence-corrected chi connectivity index (χ2v) is 5.45. The third kappa shape index (κ3) is 4.01. The van der Waals surface area contributed by atoms with Gasteiger partial charge in [0.15, 0.2) is 0 Å². The molecule has 1 fully saturated rings. The molecule has 0 aromatic carbocycles. The lowest BCUT2D eigenvalue weighted by Gasteiger charge is -2.26. The van der Waals surface area contributed by atoms with Gasteiger partial charge < -0.3 is 0 Å². The number of nitrogens with two attached hydrogens (primary N) is 1. The van der Waals surface area contributed by atoms with E-state index in [1.54, 1.807) is 6.07 Å². The van der Waals surface area contributed by atoms with Crippen molar-refractivity contribution in [2.24, 2.45) is 11.8 Å². The molecule has 1 aromatic heterocycles. The maximum Gasteiger partial charge on any atom is 0.283 e. The van der Waals surface area contributed by atoms with Crippen LogP contribution in [-0.4, -0.2) is 28.4 Å². The van der Waals surface area contributed by atoms with E-state index in [0.717, 1.165) is 24.7 Å². The van der Waals surface area contributed by atoms with Crippen molar-refractivity contribution in [2.45, 2.75) is 39.3 Å². The van der Waals surface area contributed by atoms with Crippen molar-refractivity contribution in [1.82, 2.24) is 15.3 Å². The summed E-state index contributed by atoms with van der Waals surface area (Å²) in [5.41, 5.74) is 3.39. The Morgan fingerprint density at radius 2 is 2.26 bits per heavy atom. The van der Waals surface area contributed by atoms with Gasteiger partial charge in [0, 0.05) is 19.1 Å². The van der Waals surface area contributed by atoms with Gasteiger partial charge in [-0.2, -0.15) is 0 Å². The van der Waals surface area contributed by atoms with E-state index in [4.69, 9.17) is 5.84 Å². The standard InChI is InChI=1S/C14H22N4O/c1-10(2)18(8-11-6-7-11)9-12-4-3-5-13(16-12)14(19)17-15/h3-5,10-11H,6-9,15H2,1-2H3,(H,17,19). The van der Waals surface area contributed by atoms with Crippen LogP contribution >= 0.6 is 0 Å². The molecule has 5 nitrogen and oxygen atoms in total. The summed E-state index contributed by atoms with van der Waals surface area (Å²) >= 11 is 0. The Morgan fingerprint density at radius 3 is 2.84 bits per heavy atom. The smallest absolute Gasteiger partial charge is 0.283 e. The fourth-order valence-electron chi connectivity index (χ4n) is 2.07. The predicted molar refractivity (Wildman–Crippen MR) is 74.2 cm³/mol. The Bertz CT molecular complexity index is 443. The Labute approximate surface area is 114 Å². The highest BCUT2D eigenvalue weighted by Crippen LogP contribution is 2.30. The summed E-state index contributed by atoms with van der Waals surface area (Å²) in [6.45, 7) is 6.28. The highest BCUT2D eigenvalue weighted by Gasteiger charge is 2.25. The topological polar surface area (TPSA) is 71.2 Å². The first-order chi connectivity index (χ1) is 9.10. The van der Waals surface area contributed by atoms with E-state index < -0.39 is 0 Å². The van der Waals surface area contributed by atoms with Gasteiger partial charge in [-0.3, -0.25) is 15.1 Å². The molecule has 0 radical (unpaired) electrons. The van der Waals surface area contributed by atoms with Crippen molar-refractivity contribution in [3.05, 3.63) is 29.6 Å². The average molecular weight is 262 g/mol. The van der Waals surface area contributed by atoms with Crippen molar-refractivity contribution >= 4 is 5.91 Å². The fraction of sp³-hybridized carbons (Fsp3) is 0.571. The van der Waals surface area contributed by atoms with Gasteiger partial charge in [0.1, 0.15) is 5.69 Å². The molecule has 104 valence electrons. The van der Waals surface area contributed by atoms with Crippen molar-refractivity contribution in [2.75, 3.05) is 6.54 Å². The SMILES string of the molecule is CC(C)N(Cc1cccc(C(=O)NN)n1)CC1CC1. The normalized spacial score (nSPS) is 15.0. The number of hydrogen-bond donors (Lipinski definition) is 2. The highest BCUT2D eigenvalue weighted by atomic mass is 16.2. The van der Waals surface area contributed by atoms with Crippen molar-refractivity contribution in [3.63, 3.8) is 0 Å². The Morgan fingerprint density at radius 1 is 1.53 bits per heavy atom. The van der Waals surface area contributed by atoms with Gasteiger partial charge >= 0.3 is 0 Å². The molecular weight excluding hydrogens is 240 g/mol. The number of aromatic nitrogens is 1. The van der Waals surface area contributed by atoms with Crippen LogP contribution in [0, 0.1) is 5.92 Å². The summed E-state index contributed by atoms with van der Waals surface area (Å²) in [5.74, 6) is 5.63. The molecule has 1 saturated carbocycles. The minimum Gasteiger partial charge on any atom is -0.295 e. The summed E-state index contributed by atoms with van der Waals surface area (Å²) in [4.78, 5) is 18.2. The number of hydrazine groups is 1. The minimum absolute atomic E-state index is 0.347. The number of nitrogen functional groups attached to an aromatic ring is 1. The lowest BCUT2D eigenvalue weighted by Crippen LogP contribution is -2.33. The molecule has 0 saturated heterocycles. The van der Waals surface area contributed by atoms with Crippen LogP contribution in [0.2, 0.25) is 0 Å². The number of hydrogen-bond acceptors (Lipinski definition) is 4. The predicted octanol–water partition coefficient (Wildman–Crippen LogP) is 1.31. The molecule has 3 N–H and O–H groups in total. The molecular formula is C14H22N4O. The van der Waals surface area contributed by atoms with Crippen LogP contribution < -0.4 is 11.3 Å². The zero-order valence-corrected chi connectivity index (χ0v) is 11.6. The number of carbonyl (C=O) groups excluding carboxylic acids is 1. The van der Waals surface area contributed by atoms with Crippen LogP contribution in [0.1, 0.15) is 42.9 Å². The first-order valence-corrected chi connectivity index (χ1v) is 6.81. The van der Waals surface area contributed by atoms with E-state index in [2.05, 4.69) is 29.2 Å². The molecule has 5 heteroatoms. The van der Waals surface area contributed by atoms with Gasteiger partial charge in [-0.15, -0.1) is 0 Å². The first kappa shape index (κ1) is 14.0. The van der Waals surface area contributed by atoms with Crippen LogP contribution in [0.15, 0.2) is 18.2 Å². The molecule has 1 aromatic rings. The summed E-state index contributed by atoms with van der Waals surface area (Å²) in [7, 11) is 0. The van der Waals surface area contributed by atoms with E-state index in [9.17, 15) is 4.79 Å². The maximum atomic E-state index is 11.5. The second-order valence-electron chi connectivity index (χ2n) is 5.45. The number of amides is 1. The summed E-state index contributed by atoms with van der Waals surface area (Å²) in [5, 5.41) is 0. The minimum atomic E-state index is -0.347. The van der Waals surface area contributed by atoms with Gasteiger partial charge in [0.2, 0.25) is 0 Å². The molecule has 1 heterocycles. The van der Waals surface area contributed by atoms with Crippen molar-refractivity contribution in [3.8, 4) is 0 Å². The fourth-order valence-corrected chi connectivity index (χ4v) is 2.07. The van der Waals surface area contributed by atoms with Crippen LogP contribution in [0.4, 0.5) is 0 Å². The molecule has 1 amide bonds. The van der Waals surface area contributed by atoms with Crippen LogP contribution in [0.25, 0.3) is 0 Å². The lowest BCUT2D eigenvalue weighted by molar-refractivity contribution is 0.0948. The van der Waals surface area contributed by atoms with Crippen molar-refractivity contribution < 1.29 is 4.79 Å². The molecule has 0 spiro atoms. The number of rotatable bonds is 6. The van der Waals surface area contributed by atoms with Crippen LogP contribution in [0.5, 0.6) is 0 Å². The van der Waals surface area contributed by atoms with E-state index in [1.165, 1.54) is 12.8 Å². The largest absolute Gasteiger partial charge is 0.295 e. The number of carbonyl (C=O) groups is 1. The van der Waals surface area contributed by atoms with E-state index in [-0.39, 0.29) is 5.91 Å². The summed E-state index contributed by atoms with van der Waals surface area (Å²) in [6.07, 6.45) is 2.68. The van der Waals surface area contributed by atoms with Gasteiger partial charge in [0.05, 0.1) is 5.69 Å². The zero-order valence-electron chi connectivity index (χ0n) is 11.6. The second kappa shape index (κ2) is 6.12. The Hall–Kier alpha value is -1.46. The Kier molecular flexibility index (Phi) is 4.50. The lowest BCUT2D eigenvalue weighted by atomic mass is 10.2. The van der Waals surface area contributed by atoms with Gasteiger partial charge in [0.25, 0.3) is 5.91 Å². The molecule has 0 bridgehead atoms. The molecule has 1 aliphatic rings. The van der Waals surface area contributed by atoms with Crippen molar-refractivity contribution in [1.29, 1.82) is 0 Å². The van der Waals surface area contributed by atoms with Crippen LogP contribution in [-0.2, 0) is 6.54 Å². The third-order valence-electron chi connectivity index (χ3n) is 3.46. The van der Waals surface area contributed by atoms with E-state index in [1.807, 2.05) is 12.1 Å². The van der Waals surface area contributed by atoms with Gasteiger partial charge in [-0.1, -0.05) is 6.07 Å². The molecule has 0 aliphatic heterocycles. The summed E-state index contributed by atoms with van der Waals surface area (Å²) in [6, 6.07) is 5.96. The van der Waals surface area contributed by atoms with Gasteiger partial charge in [-0.05, 0) is 44.7 Å². The quantitative estimate of drug-likeness (QED) is 0.460. The summed E-state index contributed by atoms with van der Waals surface area (Å²) < 4.78 is 0. The molecule has 0 atom stereocenters. The number of pyridine rings is 1. The van der Waals surface area contributed by atoms with E-state index in [0.29, 0.717) is 11.7 Å². The van der Waals surface area contributed by atoms with Crippen LogP contribution in [0.3, 0.4) is 0 Å². The van der Waals surface area contributed by atoms with Gasteiger partial charge in [-0.25, -0.2) is 10.8 Å². The number of nitrogens with zero attached hydrogens (tertiary/aromatic N) is 2. The zero-order chi connectivity index (χ0) is 13.8. The highest BCUT2D eigenvalue weighted by molar-refractivity contribution is 5.91. The molecule has 19 heavy (non-hydrogen) atoms. The monoisotopic (exact) mass is 262 g/mol. The first-order valence-electron chi connectivity index (χ1n) is 6.81. The molecule has 1 aliphatic carbocycles. The molecule has 0 unspecified atom stereocenters. The number of nitrogens with one attached hydrogen (secondary N) is 1. The third-order valence-corrected chi connectivity index (χ3v) is 3.46. The van der Waals surface area contributed by atoms with E-state index >= 15 is 0 Å². The average Bonchev–Trinajstić information content (AvgIpc) is 3.21. The Balaban J connectivity index is 2.05. The molecule has 2 rings (SSSR count). The maximum absolute atomic E-state index is 11.5.